The van der Waals surface area contributed by atoms with Crippen LogP contribution < -0.4 is 5.32 Å². The van der Waals surface area contributed by atoms with Gasteiger partial charge in [0.25, 0.3) is 5.91 Å². The molecule has 5 nitrogen and oxygen atoms in total. The van der Waals surface area contributed by atoms with Gasteiger partial charge in [0, 0.05) is 25.2 Å². The van der Waals surface area contributed by atoms with Crippen molar-refractivity contribution < 1.29 is 14.4 Å². The van der Waals surface area contributed by atoms with Crippen LogP contribution in [0.25, 0.3) is 0 Å². The number of carbonyl (C=O) groups excluding carboxylic acids is 3. The van der Waals surface area contributed by atoms with Crippen LogP contribution in [0.4, 0.5) is 0 Å². The molecule has 5 heteroatoms. The number of hydrogen-bond donors (Lipinski definition) is 1. The minimum atomic E-state index is -0.339. The molecule has 1 N–H and O–H groups in total. The Morgan fingerprint density at radius 3 is 2.65 bits per heavy atom. The Hall–Kier alpha value is -2.04. The van der Waals surface area contributed by atoms with Gasteiger partial charge in [-0.25, -0.2) is 0 Å². The maximum atomic E-state index is 11.5. The van der Waals surface area contributed by atoms with Gasteiger partial charge in [-0.2, -0.15) is 0 Å². The lowest BCUT2D eigenvalue weighted by molar-refractivity contribution is -0.122. The van der Waals surface area contributed by atoms with Crippen molar-refractivity contribution in [2.75, 3.05) is 6.54 Å². The fourth-order valence-corrected chi connectivity index (χ4v) is 1.18. The highest BCUT2D eigenvalue weighted by molar-refractivity contribution is 5.96. The van der Waals surface area contributed by atoms with Gasteiger partial charge in [0.1, 0.15) is 5.78 Å². The summed E-state index contributed by atoms with van der Waals surface area (Å²) in [7, 11) is 0. The van der Waals surface area contributed by atoms with Crippen molar-refractivity contribution >= 4 is 17.5 Å². The number of nitrogens with zero attached hydrogens (tertiary/aromatic N) is 1. The highest BCUT2D eigenvalue weighted by atomic mass is 16.2. The number of nitrogens with one attached hydrogen (secondary N) is 1. The van der Waals surface area contributed by atoms with E-state index >= 15 is 0 Å². The van der Waals surface area contributed by atoms with E-state index in [1.807, 2.05) is 0 Å². The topological polar surface area (TPSA) is 76.1 Å². The molecule has 1 aromatic rings. The summed E-state index contributed by atoms with van der Waals surface area (Å²) in [6.45, 7) is 1.38. The lowest BCUT2D eigenvalue weighted by Crippen LogP contribution is -2.29. The minimum absolute atomic E-state index is 0.0306. The Morgan fingerprint density at radius 2 is 2.06 bits per heavy atom. The van der Waals surface area contributed by atoms with Crippen molar-refractivity contribution in [3.63, 3.8) is 0 Å². The van der Waals surface area contributed by atoms with Crippen LogP contribution in [0.3, 0.4) is 0 Å². The van der Waals surface area contributed by atoms with Crippen LogP contribution in [0.5, 0.6) is 0 Å². The predicted molar refractivity (Wildman–Crippen MR) is 61.5 cm³/mol. The number of hydrogen-bond acceptors (Lipinski definition) is 4. The first-order chi connectivity index (χ1) is 8.09. The summed E-state index contributed by atoms with van der Waals surface area (Å²) in [4.78, 5) is 37.3. The average Bonchev–Trinajstić information content (AvgIpc) is 2.34. The maximum Gasteiger partial charge on any atom is 0.253 e. The van der Waals surface area contributed by atoms with Gasteiger partial charge >= 0.3 is 0 Å². The molecule has 0 aliphatic rings. The molecular weight excluding hydrogens is 220 g/mol. The summed E-state index contributed by atoms with van der Waals surface area (Å²) in [6.07, 6.45) is 3.38. The molecule has 0 spiro atoms. The second kappa shape index (κ2) is 6.52. The van der Waals surface area contributed by atoms with E-state index in [0.29, 0.717) is 5.56 Å². The van der Waals surface area contributed by atoms with Crippen LogP contribution in [0.1, 0.15) is 30.1 Å². The van der Waals surface area contributed by atoms with Gasteiger partial charge < -0.3 is 10.1 Å². The zero-order chi connectivity index (χ0) is 12.7. The number of pyridine rings is 1. The number of aromatic nitrogens is 1. The Bertz CT molecular complexity index is 415. The van der Waals surface area contributed by atoms with E-state index in [1.54, 1.807) is 18.3 Å². The molecule has 90 valence electrons. The van der Waals surface area contributed by atoms with Gasteiger partial charge in [-0.05, 0) is 19.1 Å². The third kappa shape index (κ3) is 5.01. The third-order valence-corrected chi connectivity index (χ3v) is 2.13. The van der Waals surface area contributed by atoms with Gasteiger partial charge in [0.2, 0.25) is 0 Å². The molecule has 0 aromatic carbocycles. The van der Waals surface area contributed by atoms with E-state index in [1.165, 1.54) is 13.1 Å². The summed E-state index contributed by atoms with van der Waals surface area (Å²) in [6, 6.07) is 3.26. The van der Waals surface area contributed by atoms with Crippen LogP contribution in [-0.4, -0.2) is 29.0 Å². The highest BCUT2D eigenvalue weighted by Crippen LogP contribution is 1.96. The number of amides is 1. The summed E-state index contributed by atoms with van der Waals surface area (Å²) in [5.41, 5.74) is 0.409. The summed E-state index contributed by atoms with van der Waals surface area (Å²) in [5.74, 6) is -0.524. The predicted octanol–water partition coefficient (Wildman–Crippen LogP) is 0.750. The molecule has 0 radical (unpaired) electrons. The summed E-state index contributed by atoms with van der Waals surface area (Å²) >= 11 is 0. The Balaban J connectivity index is 2.34. The van der Waals surface area contributed by atoms with Crippen molar-refractivity contribution in [2.24, 2.45) is 0 Å². The van der Waals surface area contributed by atoms with E-state index in [4.69, 9.17) is 0 Å². The summed E-state index contributed by atoms with van der Waals surface area (Å²) in [5, 5.41) is 2.48. The van der Waals surface area contributed by atoms with Crippen molar-refractivity contribution in [1.82, 2.24) is 10.3 Å². The first-order valence-electron chi connectivity index (χ1n) is 5.29. The molecule has 0 aliphatic heterocycles. The average molecular weight is 234 g/mol. The van der Waals surface area contributed by atoms with Crippen LogP contribution in [0.15, 0.2) is 24.5 Å². The molecule has 0 bridgehead atoms. The first kappa shape index (κ1) is 13.0. The molecule has 0 aliphatic carbocycles. The largest absolute Gasteiger partial charge is 0.345 e. The SMILES string of the molecule is CC(=O)CCC(=O)CNC(=O)c1cccnc1. The van der Waals surface area contributed by atoms with Crippen LogP contribution in [0, 0.1) is 0 Å². The molecule has 0 saturated carbocycles. The smallest absolute Gasteiger partial charge is 0.253 e. The normalized spacial score (nSPS) is 9.71. The van der Waals surface area contributed by atoms with Gasteiger partial charge in [-0.3, -0.25) is 14.6 Å². The van der Waals surface area contributed by atoms with Crippen molar-refractivity contribution in [3.05, 3.63) is 30.1 Å². The maximum absolute atomic E-state index is 11.5. The standard InChI is InChI=1S/C12H14N2O3/c1-9(15)4-5-11(16)8-14-12(17)10-3-2-6-13-7-10/h2-3,6-7H,4-5,8H2,1H3,(H,14,17). The van der Waals surface area contributed by atoms with Crippen molar-refractivity contribution in [2.45, 2.75) is 19.8 Å². The second-order valence-electron chi connectivity index (χ2n) is 3.67. The van der Waals surface area contributed by atoms with Crippen molar-refractivity contribution in [3.8, 4) is 0 Å². The zero-order valence-corrected chi connectivity index (χ0v) is 9.60. The Labute approximate surface area is 99.2 Å². The van der Waals surface area contributed by atoms with Gasteiger partial charge in [-0.1, -0.05) is 0 Å². The molecule has 1 rings (SSSR count). The van der Waals surface area contributed by atoms with Crippen molar-refractivity contribution in [1.29, 1.82) is 0 Å². The molecule has 1 amide bonds. The molecular formula is C12H14N2O3. The van der Waals surface area contributed by atoms with E-state index in [0.717, 1.165) is 0 Å². The first-order valence-corrected chi connectivity index (χ1v) is 5.29. The van der Waals surface area contributed by atoms with Gasteiger partial charge in [-0.15, -0.1) is 0 Å². The zero-order valence-electron chi connectivity index (χ0n) is 9.60. The Kier molecular flexibility index (Phi) is 5.00. The molecule has 1 heterocycles. The lowest BCUT2D eigenvalue weighted by atomic mass is 10.1. The van der Waals surface area contributed by atoms with E-state index in [-0.39, 0.29) is 36.9 Å². The molecule has 0 atom stereocenters. The second-order valence-corrected chi connectivity index (χ2v) is 3.67. The number of carbonyl (C=O) groups is 3. The summed E-state index contributed by atoms with van der Waals surface area (Å²) < 4.78 is 0. The van der Waals surface area contributed by atoms with Crippen LogP contribution in [0.2, 0.25) is 0 Å². The number of ketones is 2. The molecule has 17 heavy (non-hydrogen) atoms. The van der Waals surface area contributed by atoms with Crippen LogP contribution >= 0.6 is 0 Å². The van der Waals surface area contributed by atoms with Crippen LogP contribution in [-0.2, 0) is 9.59 Å². The van der Waals surface area contributed by atoms with Gasteiger partial charge in [0.15, 0.2) is 5.78 Å². The Morgan fingerprint density at radius 1 is 1.29 bits per heavy atom. The molecule has 0 fully saturated rings. The van der Waals surface area contributed by atoms with Gasteiger partial charge in [0.05, 0.1) is 12.1 Å². The molecule has 0 saturated heterocycles. The third-order valence-electron chi connectivity index (χ3n) is 2.13. The minimum Gasteiger partial charge on any atom is -0.345 e. The highest BCUT2D eigenvalue weighted by Gasteiger charge is 2.08. The van der Waals surface area contributed by atoms with E-state index < -0.39 is 0 Å². The molecule has 0 unspecified atom stereocenters. The molecule has 1 aromatic heterocycles. The fourth-order valence-electron chi connectivity index (χ4n) is 1.18. The van der Waals surface area contributed by atoms with E-state index in [9.17, 15) is 14.4 Å². The number of Topliss-reactive ketones (excluding diaryl/α,β-unsaturated/α-hetero) is 2. The van der Waals surface area contributed by atoms with E-state index in [2.05, 4.69) is 10.3 Å². The fraction of sp³-hybridized carbons (Fsp3) is 0.333. The number of rotatable bonds is 6. The monoisotopic (exact) mass is 234 g/mol. The quantitative estimate of drug-likeness (QED) is 0.788. The lowest BCUT2D eigenvalue weighted by Gasteiger charge is -2.03.